The monoisotopic (exact) mass is 379 g/mol. The molecule has 2 aromatic rings. The van der Waals surface area contributed by atoms with E-state index in [0.717, 1.165) is 12.5 Å². The Hall–Kier alpha value is -2.24. The predicted octanol–water partition coefficient (Wildman–Crippen LogP) is 2.78. The Morgan fingerprint density at radius 1 is 1.14 bits per heavy atom. The first-order valence-corrected chi connectivity index (χ1v) is 10.3. The van der Waals surface area contributed by atoms with Crippen LogP contribution in [0.15, 0.2) is 54.7 Å². The van der Waals surface area contributed by atoms with Crippen molar-refractivity contribution in [3.8, 4) is 0 Å². The van der Waals surface area contributed by atoms with E-state index >= 15 is 0 Å². The number of carbonyl (C=O) groups excluding carboxylic acids is 1. The Morgan fingerprint density at radius 2 is 1.89 bits per heavy atom. The molecule has 148 valence electrons. The number of likely N-dealkylation sites (N-methyl/N-ethyl adjacent to an activating group) is 1. The summed E-state index contributed by atoms with van der Waals surface area (Å²) in [6.45, 7) is 4.51. The SMILES string of the molecule is CCN(C[C@H]1[C@@H](c2ccccc2)[C@H](CO)N1CC1CC1)C(=O)c1ccccn1. The number of aliphatic hydroxyl groups is 1. The van der Waals surface area contributed by atoms with E-state index in [2.05, 4.69) is 34.1 Å². The molecule has 4 rings (SSSR count). The summed E-state index contributed by atoms with van der Waals surface area (Å²) in [5, 5.41) is 10.1. The molecule has 1 aliphatic heterocycles. The second-order valence-electron chi connectivity index (χ2n) is 7.95. The number of likely N-dealkylation sites (tertiary alicyclic amines) is 1. The topological polar surface area (TPSA) is 56.7 Å². The lowest BCUT2D eigenvalue weighted by atomic mass is 9.74. The summed E-state index contributed by atoms with van der Waals surface area (Å²) < 4.78 is 0. The van der Waals surface area contributed by atoms with Gasteiger partial charge in [0.2, 0.25) is 0 Å². The van der Waals surface area contributed by atoms with Gasteiger partial charge in [0.15, 0.2) is 0 Å². The number of nitrogens with zero attached hydrogens (tertiary/aromatic N) is 3. The van der Waals surface area contributed by atoms with Crippen molar-refractivity contribution in [2.75, 3.05) is 26.2 Å². The molecule has 0 bridgehead atoms. The van der Waals surface area contributed by atoms with Gasteiger partial charge in [0.1, 0.15) is 5.69 Å². The van der Waals surface area contributed by atoms with Gasteiger partial charge in [0.05, 0.1) is 6.61 Å². The minimum atomic E-state index is -0.0197. The minimum absolute atomic E-state index is 0.0197. The van der Waals surface area contributed by atoms with Crippen LogP contribution in [0.4, 0.5) is 0 Å². The van der Waals surface area contributed by atoms with Crippen LogP contribution in [-0.4, -0.2) is 64.1 Å². The summed E-state index contributed by atoms with van der Waals surface area (Å²) in [7, 11) is 0. The Morgan fingerprint density at radius 3 is 2.50 bits per heavy atom. The Kier molecular flexibility index (Phi) is 5.74. The predicted molar refractivity (Wildman–Crippen MR) is 109 cm³/mol. The zero-order valence-electron chi connectivity index (χ0n) is 16.4. The molecule has 2 aliphatic rings. The Bertz CT molecular complexity index is 779. The Labute approximate surface area is 167 Å². The van der Waals surface area contributed by atoms with Gasteiger partial charge in [0.25, 0.3) is 5.91 Å². The first kappa shape index (κ1) is 19.1. The highest BCUT2D eigenvalue weighted by Crippen LogP contribution is 2.44. The van der Waals surface area contributed by atoms with E-state index in [9.17, 15) is 9.90 Å². The number of rotatable bonds is 8. The minimum Gasteiger partial charge on any atom is -0.395 e. The van der Waals surface area contributed by atoms with E-state index < -0.39 is 0 Å². The molecule has 1 aromatic heterocycles. The van der Waals surface area contributed by atoms with Crippen molar-refractivity contribution in [2.24, 2.45) is 5.92 Å². The molecule has 1 N–H and O–H groups in total. The van der Waals surface area contributed by atoms with Crippen molar-refractivity contribution in [1.82, 2.24) is 14.8 Å². The van der Waals surface area contributed by atoms with Gasteiger partial charge in [-0.2, -0.15) is 0 Å². The smallest absolute Gasteiger partial charge is 0.272 e. The van der Waals surface area contributed by atoms with Crippen LogP contribution < -0.4 is 0 Å². The molecule has 0 radical (unpaired) electrons. The van der Waals surface area contributed by atoms with Crippen molar-refractivity contribution in [1.29, 1.82) is 0 Å². The van der Waals surface area contributed by atoms with Crippen LogP contribution >= 0.6 is 0 Å². The summed E-state index contributed by atoms with van der Waals surface area (Å²) >= 11 is 0. The fourth-order valence-electron chi connectivity index (χ4n) is 4.47. The van der Waals surface area contributed by atoms with Crippen molar-refractivity contribution >= 4 is 5.91 Å². The van der Waals surface area contributed by atoms with Gasteiger partial charge >= 0.3 is 0 Å². The van der Waals surface area contributed by atoms with E-state index in [0.29, 0.717) is 18.8 Å². The average molecular weight is 380 g/mol. The third kappa shape index (κ3) is 3.82. The fourth-order valence-corrected chi connectivity index (χ4v) is 4.47. The van der Waals surface area contributed by atoms with E-state index in [1.54, 1.807) is 12.3 Å². The summed E-state index contributed by atoms with van der Waals surface area (Å²) in [5.41, 5.74) is 1.74. The van der Waals surface area contributed by atoms with E-state index in [-0.39, 0.29) is 30.5 Å². The number of pyridine rings is 1. The number of carbonyl (C=O) groups is 1. The maximum Gasteiger partial charge on any atom is 0.272 e. The normalized spacial score (nSPS) is 24.6. The van der Waals surface area contributed by atoms with Crippen LogP contribution in [0.25, 0.3) is 0 Å². The van der Waals surface area contributed by atoms with Gasteiger partial charge in [-0.1, -0.05) is 36.4 Å². The maximum absolute atomic E-state index is 13.0. The van der Waals surface area contributed by atoms with Crippen LogP contribution in [0, 0.1) is 5.92 Å². The lowest BCUT2D eigenvalue weighted by Crippen LogP contribution is -2.67. The fraction of sp³-hybridized carbons (Fsp3) is 0.478. The van der Waals surface area contributed by atoms with Crippen molar-refractivity contribution in [3.05, 3.63) is 66.0 Å². The van der Waals surface area contributed by atoms with E-state index in [1.807, 2.05) is 30.0 Å². The number of hydrogen-bond donors (Lipinski definition) is 1. The summed E-state index contributed by atoms with van der Waals surface area (Å²) in [6, 6.07) is 16.2. The zero-order valence-corrected chi connectivity index (χ0v) is 16.4. The van der Waals surface area contributed by atoms with E-state index in [4.69, 9.17) is 0 Å². The van der Waals surface area contributed by atoms with Crippen molar-refractivity contribution < 1.29 is 9.90 Å². The molecule has 2 heterocycles. The number of benzene rings is 1. The van der Waals surface area contributed by atoms with Crippen LogP contribution in [0.2, 0.25) is 0 Å². The average Bonchev–Trinajstić information content (AvgIpc) is 3.56. The van der Waals surface area contributed by atoms with Gasteiger partial charge in [0, 0.05) is 43.8 Å². The highest BCUT2D eigenvalue weighted by Gasteiger charge is 2.50. The molecule has 1 aliphatic carbocycles. The van der Waals surface area contributed by atoms with Gasteiger partial charge in [-0.05, 0) is 43.4 Å². The van der Waals surface area contributed by atoms with Gasteiger partial charge in [-0.15, -0.1) is 0 Å². The van der Waals surface area contributed by atoms with Crippen LogP contribution in [0.5, 0.6) is 0 Å². The number of amides is 1. The third-order valence-corrected chi connectivity index (χ3v) is 6.18. The molecule has 5 heteroatoms. The lowest BCUT2D eigenvalue weighted by Gasteiger charge is -2.56. The van der Waals surface area contributed by atoms with Crippen LogP contribution in [-0.2, 0) is 0 Å². The number of aromatic nitrogens is 1. The number of aliphatic hydroxyl groups excluding tert-OH is 1. The molecule has 5 nitrogen and oxygen atoms in total. The highest BCUT2D eigenvalue weighted by atomic mass is 16.3. The third-order valence-electron chi connectivity index (χ3n) is 6.18. The molecular weight excluding hydrogens is 350 g/mol. The summed E-state index contributed by atoms with van der Waals surface area (Å²) in [5.74, 6) is 0.971. The lowest BCUT2D eigenvalue weighted by molar-refractivity contribution is -0.0561. The Balaban J connectivity index is 1.56. The standard InChI is InChI=1S/C23H29N3O2/c1-2-25(23(28)19-10-6-7-13-24-19)15-20-22(18-8-4-3-5-9-18)21(16-27)26(20)14-17-11-12-17/h3-10,13,17,20-22,27H,2,11-12,14-16H2,1H3/t20-,21-,22+/m0/s1. The van der Waals surface area contributed by atoms with Gasteiger partial charge < -0.3 is 10.0 Å². The molecule has 3 atom stereocenters. The molecule has 0 spiro atoms. The van der Waals surface area contributed by atoms with Crippen molar-refractivity contribution in [3.63, 3.8) is 0 Å². The van der Waals surface area contributed by atoms with Gasteiger partial charge in [-0.3, -0.25) is 14.7 Å². The van der Waals surface area contributed by atoms with Crippen molar-refractivity contribution in [2.45, 2.75) is 37.8 Å². The second-order valence-corrected chi connectivity index (χ2v) is 7.95. The molecule has 28 heavy (non-hydrogen) atoms. The van der Waals surface area contributed by atoms with Gasteiger partial charge in [-0.25, -0.2) is 0 Å². The molecule has 1 saturated heterocycles. The largest absolute Gasteiger partial charge is 0.395 e. The molecule has 2 fully saturated rings. The summed E-state index contributed by atoms with van der Waals surface area (Å²) in [6.07, 6.45) is 4.22. The first-order valence-electron chi connectivity index (χ1n) is 10.3. The summed E-state index contributed by atoms with van der Waals surface area (Å²) in [4.78, 5) is 21.6. The maximum atomic E-state index is 13.0. The first-order chi connectivity index (χ1) is 13.7. The van der Waals surface area contributed by atoms with E-state index in [1.165, 1.54) is 18.4 Å². The second kappa shape index (κ2) is 8.41. The molecular formula is C23H29N3O2. The molecule has 1 amide bonds. The zero-order chi connectivity index (χ0) is 19.5. The number of hydrogen-bond acceptors (Lipinski definition) is 4. The quantitative estimate of drug-likeness (QED) is 0.766. The van der Waals surface area contributed by atoms with Crippen LogP contribution in [0.3, 0.4) is 0 Å². The molecule has 0 unspecified atom stereocenters. The highest BCUT2D eigenvalue weighted by molar-refractivity contribution is 5.92. The molecule has 1 aromatic carbocycles. The molecule has 1 saturated carbocycles. The van der Waals surface area contributed by atoms with Crippen LogP contribution in [0.1, 0.15) is 41.7 Å².